The van der Waals surface area contributed by atoms with Crippen LogP contribution in [0.5, 0.6) is 23.0 Å². The lowest BCUT2D eigenvalue weighted by atomic mass is 9.90. The van der Waals surface area contributed by atoms with Crippen LogP contribution >= 0.6 is 0 Å². The Labute approximate surface area is 348 Å². The Hall–Kier alpha value is -8.08. The third-order valence-corrected chi connectivity index (χ3v) is 11.8. The average Bonchev–Trinajstić information content (AvgIpc) is 3.31. The van der Waals surface area contributed by atoms with E-state index in [1.54, 1.807) is 0 Å². The smallest absolute Gasteiger partial charge is 0.135 e. The highest BCUT2D eigenvalue weighted by Gasteiger charge is 2.27. The van der Waals surface area contributed by atoms with Crippen molar-refractivity contribution in [1.29, 1.82) is 0 Å². The van der Waals surface area contributed by atoms with E-state index in [2.05, 4.69) is 228 Å². The number of fused-ring (bicyclic) bond motifs is 4. The molecule has 60 heavy (non-hydrogen) atoms. The van der Waals surface area contributed by atoms with Gasteiger partial charge in [0.1, 0.15) is 23.0 Å². The predicted molar refractivity (Wildman–Crippen MR) is 247 cm³/mol. The molecule has 0 aliphatic carbocycles. The summed E-state index contributed by atoms with van der Waals surface area (Å²) in [5, 5.41) is 4.49. The molecular formula is C56H36N2O2. The van der Waals surface area contributed by atoms with Gasteiger partial charge in [-0.1, -0.05) is 121 Å². The standard InChI is InChI=1S/C56H36N2O2/c1-5-15-39(16-6-1)57(40-17-7-2-8-18-40)49-33-31-45-43-29-27-37(35-53(43)59-51-25-13-23-47(49)55(45)51)38-28-30-44-46-32-34-50(48-24-14-26-52(56(46)48)60-54(44)36-38)58(41-19-9-3-10-20-41)42-21-11-4-12-22-42/h1-36H. The molecule has 4 heteroatoms. The van der Waals surface area contributed by atoms with Crippen molar-refractivity contribution in [2.75, 3.05) is 9.80 Å². The van der Waals surface area contributed by atoms with Gasteiger partial charge in [0.25, 0.3) is 0 Å². The fourth-order valence-electron chi connectivity index (χ4n) is 9.14. The van der Waals surface area contributed by atoms with Crippen molar-refractivity contribution in [3.05, 3.63) is 218 Å². The molecular weight excluding hydrogens is 733 g/mol. The van der Waals surface area contributed by atoms with Crippen molar-refractivity contribution in [3.8, 4) is 56.4 Å². The van der Waals surface area contributed by atoms with Gasteiger partial charge in [-0.15, -0.1) is 0 Å². The molecule has 0 unspecified atom stereocenters. The number of benzene rings is 10. The van der Waals surface area contributed by atoms with Gasteiger partial charge in [-0.05, 0) is 119 Å². The topological polar surface area (TPSA) is 24.9 Å². The highest BCUT2D eigenvalue weighted by molar-refractivity contribution is 6.12. The quantitative estimate of drug-likeness (QED) is 0.161. The van der Waals surface area contributed by atoms with Gasteiger partial charge in [0.05, 0.1) is 11.4 Å². The number of nitrogens with zero attached hydrogens (tertiary/aromatic N) is 2. The minimum absolute atomic E-state index is 0.839. The Kier molecular flexibility index (Phi) is 7.82. The fourth-order valence-corrected chi connectivity index (χ4v) is 9.14. The van der Waals surface area contributed by atoms with Crippen LogP contribution in [-0.2, 0) is 0 Å². The minimum atomic E-state index is 0.839. The number of hydrogen-bond acceptors (Lipinski definition) is 4. The fraction of sp³-hybridized carbons (Fsp3) is 0. The molecule has 2 aliphatic heterocycles. The Morgan fingerprint density at radius 2 is 0.617 bits per heavy atom. The van der Waals surface area contributed by atoms with Gasteiger partial charge in [-0.3, -0.25) is 0 Å². The summed E-state index contributed by atoms with van der Waals surface area (Å²) in [7, 11) is 0. The molecule has 0 aromatic heterocycles. The lowest BCUT2D eigenvalue weighted by molar-refractivity contribution is 0.486. The second-order valence-corrected chi connectivity index (χ2v) is 15.3. The third kappa shape index (κ3) is 5.46. The number of rotatable bonds is 7. The summed E-state index contributed by atoms with van der Waals surface area (Å²) in [6, 6.07) is 77.0. The number of hydrogen-bond donors (Lipinski definition) is 0. The van der Waals surface area contributed by atoms with E-state index in [4.69, 9.17) is 9.47 Å². The molecule has 0 radical (unpaired) electrons. The van der Waals surface area contributed by atoms with Crippen molar-refractivity contribution in [2.24, 2.45) is 0 Å². The number of ether oxygens (including phenoxy) is 2. The summed E-state index contributed by atoms with van der Waals surface area (Å²) in [4.78, 5) is 4.64. The van der Waals surface area contributed by atoms with Crippen LogP contribution in [0.3, 0.4) is 0 Å². The van der Waals surface area contributed by atoms with Crippen LogP contribution in [-0.4, -0.2) is 0 Å². The van der Waals surface area contributed by atoms with Crippen molar-refractivity contribution in [3.63, 3.8) is 0 Å². The van der Waals surface area contributed by atoms with E-state index < -0.39 is 0 Å². The predicted octanol–water partition coefficient (Wildman–Crippen LogP) is 16.1. The molecule has 0 saturated carbocycles. The maximum Gasteiger partial charge on any atom is 0.135 e. The van der Waals surface area contributed by atoms with Crippen LogP contribution in [0.1, 0.15) is 0 Å². The largest absolute Gasteiger partial charge is 0.456 e. The monoisotopic (exact) mass is 768 g/mol. The highest BCUT2D eigenvalue weighted by atomic mass is 16.5. The van der Waals surface area contributed by atoms with Gasteiger partial charge in [0.15, 0.2) is 0 Å². The van der Waals surface area contributed by atoms with E-state index in [0.717, 1.165) is 112 Å². The van der Waals surface area contributed by atoms with Crippen LogP contribution in [0.2, 0.25) is 0 Å². The molecule has 0 bridgehead atoms. The summed E-state index contributed by atoms with van der Waals surface area (Å²) < 4.78 is 13.6. The molecule has 4 nitrogen and oxygen atoms in total. The molecule has 10 aromatic carbocycles. The molecule has 282 valence electrons. The first kappa shape index (κ1) is 34.0. The summed E-state index contributed by atoms with van der Waals surface area (Å²) in [5.41, 5.74) is 13.2. The maximum atomic E-state index is 6.80. The molecule has 10 aromatic rings. The maximum absolute atomic E-state index is 6.80. The van der Waals surface area contributed by atoms with Gasteiger partial charge in [0.2, 0.25) is 0 Å². The zero-order valence-electron chi connectivity index (χ0n) is 32.5. The van der Waals surface area contributed by atoms with Gasteiger partial charge < -0.3 is 19.3 Å². The minimum Gasteiger partial charge on any atom is -0.456 e. The summed E-state index contributed by atoms with van der Waals surface area (Å²) >= 11 is 0. The highest BCUT2D eigenvalue weighted by Crippen LogP contribution is 2.53. The zero-order valence-corrected chi connectivity index (χ0v) is 32.5. The van der Waals surface area contributed by atoms with Crippen molar-refractivity contribution in [1.82, 2.24) is 0 Å². The first-order chi connectivity index (χ1) is 29.8. The van der Waals surface area contributed by atoms with E-state index >= 15 is 0 Å². The molecule has 0 atom stereocenters. The molecule has 0 amide bonds. The Morgan fingerprint density at radius 3 is 0.983 bits per heavy atom. The van der Waals surface area contributed by atoms with Crippen LogP contribution in [0.4, 0.5) is 34.1 Å². The third-order valence-electron chi connectivity index (χ3n) is 11.8. The van der Waals surface area contributed by atoms with Gasteiger partial charge in [-0.25, -0.2) is 0 Å². The second-order valence-electron chi connectivity index (χ2n) is 15.3. The van der Waals surface area contributed by atoms with E-state index in [-0.39, 0.29) is 0 Å². The van der Waals surface area contributed by atoms with Crippen molar-refractivity contribution in [2.45, 2.75) is 0 Å². The first-order valence-corrected chi connectivity index (χ1v) is 20.3. The Morgan fingerprint density at radius 1 is 0.267 bits per heavy atom. The molecule has 2 aliphatic rings. The van der Waals surface area contributed by atoms with Crippen LogP contribution in [0, 0.1) is 0 Å². The van der Waals surface area contributed by atoms with Crippen molar-refractivity contribution >= 4 is 55.7 Å². The summed E-state index contributed by atoms with van der Waals surface area (Å²) in [5.74, 6) is 3.38. The zero-order chi connectivity index (χ0) is 39.6. The molecule has 2 heterocycles. The normalized spacial score (nSPS) is 11.9. The molecule has 0 spiro atoms. The van der Waals surface area contributed by atoms with E-state index in [1.165, 1.54) is 0 Å². The van der Waals surface area contributed by atoms with E-state index in [9.17, 15) is 0 Å². The van der Waals surface area contributed by atoms with E-state index in [1.807, 2.05) is 0 Å². The van der Waals surface area contributed by atoms with E-state index in [0.29, 0.717) is 0 Å². The average molecular weight is 769 g/mol. The second kappa shape index (κ2) is 13.8. The van der Waals surface area contributed by atoms with Crippen LogP contribution in [0.15, 0.2) is 218 Å². The molecule has 12 rings (SSSR count). The van der Waals surface area contributed by atoms with Gasteiger partial charge >= 0.3 is 0 Å². The number of para-hydroxylation sites is 4. The lowest BCUT2D eigenvalue weighted by Crippen LogP contribution is -2.11. The van der Waals surface area contributed by atoms with Crippen LogP contribution < -0.4 is 19.3 Å². The Balaban J connectivity index is 0.919. The SMILES string of the molecule is c1ccc(N(c2ccccc2)c2ccc3c4c(cccc24)Oc2cc(-c4ccc5c(c4)Oc4cccc6c(N(c7ccccc7)c7ccccc7)ccc-5c46)ccc2-3)cc1. The molecule has 0 N–H and O–H groups in total. The molecule has 0 fully saturated rings. The van der Waals surface area contributed by atoms with Crippen LogP contribution in [0.25, 0.3) is 54.9 Å². The first-order valence-electron chi connectivity index (χ1n) is 20.3. The lowest BCUT2D eigenvalue weighted by Gasteiger charge is -2.29. The van der Waals surface area contributed by atoms with Gasteiger partial charge in [0, 0.05) is 55.4 Å². The van der Waals surface area contributed by atoms with Gasteiger partial charge in [-0.2, -0.15) is 0 Å². The summed E-state index contributed by atoms with van der Waals surface area (Å²) in [6.45, 7) is 0. The molecule has 0 saturated heterocycles. The Bertz CT molecular complexity index is 2960. The van der Waals surface area contributed by atoms with Crippen molar-refractivity contribution < 1.29 is 9.47 Å². The summed E-state index contributed by atoms with van der Waals surface area (Å²) in [6.07, 6.45) is 0. The number of anilines is 6.